The summed E-state index contributed by atoms with van der Waals surface area (Å²) in [7, 11) is 1.50. The summed E-state index contributed by atoms with van der Waals surface area (Å²) >= 11 is 5.99. The molecule has 0 spiro atoms. The van der Waals surface area contributed by atoms with Gasteiger partial charge in [0.1, 0.15) is 6.61 Å². The van der Waals surface area contributed by atoms with E-state index in [9.17, 15) is 9.59 Å². The van der Waals surface area contributed by atoms with Crippen molar-refractivity contribution in [2.24, 2.45) is 0 Å². The van der Waals surface area contributed by atoms with E-state index in [4.69, 9.17) is 16.3 Å². The maximum absolute atomic E-state index is 12.1. The second kappa shape index (κ2) is 6.37. The van der Waals surface area contributed by atoms with E-state index in [1.165, 1.54) is 7.11 Å². The van der Waals surface area contributed by atoms with Crippen molar-refractivity contribution < 1.29 is 14.3 Å². The lowest BCUT2D eigenvalue weighted by molar-refractivity contribution is -0.122. The van der Waals surface area contributed by atoms with Crippen molar-refractivity contribution in [2.45, 2.75) is 25.1 Å². The van der Waals surface area contributed by atoms with Gasteiger partial charge in [0, 0.05) is 24.9 Å². The molecule has 5 heteroatoms. The molecule has 1 heterocycles. The van der Waals surface area contributed by atoms with Gasteiger partial charge in [-0.2, -0.15) is 0 Å². The van der Waals surface area contributed by atoms with E-state index in [0.29, 0.717) is 18.5 Å². The summed E-state index contributed by atoms with van der Waals surface area (Å²) in [6, 6.07) is 5.41. The van der Waals surface area contributed by atoms with E-state index in [2.05, 4.69) is 0 Å². The number of ether oxygens (including phenoxy) is 1. The maximum Gasteiger partial charge on any atom is 0.252 e. The molecule has 20 heavy (non-hydrogen) atoms. The molecule has 0 bridgehead atoms. The SMILES string of the molecule is CCC(Cl)C(=O)c1ccc2c(c1)CCN2C(=O)COC. The van der Waals surface area contributed by atoms with Crippen LogP contribution in [0.5, 0.6) is 0 Å². The van der Waals surface area contributed by atoms with Crippen LogP contribution in [0.4, 0.5) is 5.69 Å². The molecule has 108 valence electrons. The van der Waals surface area contributed by atoms with Crippen LogP contribution >= 0.6 is 11.6 Å². The average Bonchev–Trinajstić information content (AvgIpc) is 2.88. The largest absolute Gasteiger partial charge is 0.375 e. The first kappa shape index (κ1) is 15.0. The van der Waals surface area contributed by atoms with E-state index >= 15 is 0 Å². The zero-order chi connectivity index (χ0) is 14.7. The molecule has 1 atom stereocenters. The molecule has 1 aromatic rings. The molecule has 2 rings (SSSR count). The number of benzene rings is 1. The van der Waals surface area contributed by atoms with Gasteiger partial charge < -0.3 is 9.64 Å². The van der Waals surface area contributed by atoms with Crippen LogP contribution in [0.3, 0.4) is 0 Å². The van der Waals surface area contributed by atoms with Gasteiger partial charge in [0.05, 0.1) is 5.38 Å². The highest BCUT2D eigenvalue weighted by Crippen LogP contribution is 2.29. The third-order valence-electron chi connectivity index (χ3n) is 3.47. The fraction of sp³-hybridized carbons (Fsp3) is 0.467. The number of Topliss-reactive ketones (excluding diaryl/α,β-unsaturated/α-hetero) is 1. The van der Waals surface area contributed by atoms with Crippen LogP contribution in [0.1, 0.15) is 29.3 Å². The van der Waals surface area contributed by atoms with Gasteiger partial charge in [-0.25, -0.2) is 0 Å². The summed E-state index contributed by atoms with van der Waals surface area (Å²) in [6.07, 6.45) is 1.36. The fourth-order valence-corrected chi connectivity index (χ4v) is 2.51. The molecule has 1 aliphatic heterocycles. The highest BCUT2D eigenvalue weighted by molar-refractivity contribution is 6.33. The van der Waals surface area contributed by atoms with Crippen molar-refractivity contribution in [3.05, 3.63) is 29.3 Å². The molecule has 1 unspecified atom stereocenters. The second-order valence-corrected chi connectivity index (χ2v) is 5.34. The number of carbonyl (C=O) groups is 2. The van der Waals surface area contributed by atoms with E-state index in [1.54, 1.807) is 11.0 Å². The predicted molar refractivity (Wildman–Crippen MR) is 78.6 cm³/mol. The number of carbonyl (C=O) groups excluding carboxylic acids is 2. The summed E-state index contributed by atoms with van der Waals surface area (Å²) in [5.41, 5.74) is 2.50. The molecule has 0 saturated heterocycles. The Hall–Kier alpha value is -1.39. The number of rotatable bonds is 5. The predicted octanol–water partition coefficient (Wildman–Crippen LogP) is 2.42. The monoisotopic (exact) mass is 295 g/mol. The summed E-state index contributed by atoms with van der Waals surface area (Å²) in [5, 5.41) is -0.485. The Balaban J connectivity index is 2.22. The Morgan fingerprint density at radius 2 is 2.20 bits per heavy atom. The van der Waals surface area contributed by atoms with E-state index in [1.807, 2.05) is 19.1 Å². The van der Waals surface area contributed by atoms with Crippen LogP contribution in [0.25, 0.3) is 0 Å². The number of halogens is 1. The molecule has 0 radical (unpaired) electrons. The lowest BCUT2D eigenvalue weighted by atomic mass is 10.0. The number of hydrogen-bond acceptors (Lipinski definition) is 3. The number of nitrogens with zero attached hydrogens (tertiary/aromatic N) is 1. The van der Waals surface area contributed by atoms with E-state index in [-0.39, 0.29) is 18.3 Å². The number of hydrogen-bond donors (Lipinski definition) is 0. The van der Waals surface area contributed by atoms with Gasteiger partial charge in [-0.15, -0.1) is 11.6 Å². The Kier molecular flexibility index (Phi) is 4.78. The molecule has 1 amide bonds. The van der Waals surface area contributed by atoms with Crippen LogP contribution in [-0.4, -0.2) is 37.3 Å². The number of alkyl halides is 1. The Morgan fingerprint density at radius 1 is 1.45 bits per heavy atom. The minimum atomic E-state index is -0.485. The summed E-state index contributed by atoms with van der Waals surface area (Å²) in [4.78, 5) is 25.7. The first-order valence-corrected chi connectivity index (χ1v) is 7.12. The van der Waals surface area contributed by atoms with Gasteiger partial charge in [0.15, 0.2) is 5.78 Å². The first-order chi connectivity index (χ1) is 9.58. The molecule has 1 aliphatic rings. The van der Waals surface area contributed by atoms with Crippen molar-refractivity contribution in [2.75, 3.05) is 25.2 Å². The number of anilines is 1. The van der Waals surface area contributed by atoms with E-state index < -0.39 is 5.38 Å². The van der Waals surface area contributed by atoms with Crippen LogP contribution in [0, 0.1) is 0 Å². The Bertz CT molecular complexity index is 530. The lowest BCUT2D eigenvalue weighted by Gasteiger charge is -2.17. The van der Waals surface area contributed by atoms with E-state index in [0.717, 1.165) is 17.7 Å². The molecule has 0 aliphatic carbocycles. The van der Waals surface area contributed by atoms with Crippen molar-refractivity contribution in [1.29, 1.82) is 0 Å². The molecular weight excluding hydrogens is 278 g/mol. The number of ketones is 1. The highest BCUT2D eigenvalue weighted by atomic mass is 35.5. The van der Waals surface area contributed by atoms with Crippen LogP contribution in [0.15, 0.2) is 18.2 Å². The van der Waals surface area contributed by atoms with Gasteiger partial charge in [-0.3, -0.25) is 9.59 Å². The minimum Gasteiger partial charge on any atom is -0.375 e. The highest BCUT2D eigenvalue weighted by Gasteiger charge is 2.26. The van der Waals surface area contributed by atoms with Crippen LogP contribution in [-0.2, 0) is 16.0 Å². The minimum absolute atomic E-state index is 0.0568. The fourth-order valence-electron chi connectivity index (χ4n) is 2.38. The third-order valence-corrected chi connectivity index (χ3v) is 3.98. The first-order valence-electron chi connectivity index (χ1n) is 6.69. The maximum atomic E-state index is 12.1. The zero-order valence-electron chi connectivity index (χ0n) is 11.7. The Labute approximate surface area is 123 Å². The molecular formula is C15H18ClNO3. The van der Waals surface area contributed by atoms with Crippen molar-refractivity contribution >= 4 is 29.0 Å². The summed E-state index contributed by atoms with van der Waals surface area (Å²) < 4.78 is 4.88. The van der Waals surface area contributed by atoms with Gasteiger partial charge in [0.2, 0.25) is 0 Å². The Morgan fingerprint density at radius 3 is 2.85 bits per heavy atom. The van der Waals surface area contributed by atoms with Gasteiger partial charge >= 0.3 is 0 Å². The quantitative estimate of drug-likeness (QED) is 0.619. The summed E-state index contributed by atoms with van der Waals surface area (Å²) in [5.74, 6) is -0.118. The molecule has 4 nitrogen and oxygen atoms in total. The van der Waals surface area contributed by atoms with Crippen molar-refractivity contribution in [3.63, 3.8) is 0 Å². The summed E-state index contributed by atoms with van der Waals surface area (Å²) in [6.45, 7) is 2.58. The topological polar surface area (TPSA) is 46.6 Å². The van der Waals surface area contributed by atoms with Gasteiger partial charge in [-0.1, -0.05) is 6.92 Å². The average molecular weight is 296 g/mol. The zero-order valence-corrected chi connectivity index (χ0v) is 12.4. The van der Waals surface area contributed by atoms with Gasteiger partial charge in [-0.05, 0) is 36.6 Å². The lowest BCUT2D eigenvalue weighted by Crippen LogP contribution is -2.31. The smallest absolute Gasteiger partial charge is 0.252 e. The molecule has 0 saturated carbocycles. The normalized spacial score (nSPS) is 15.1. The van der Waals surface area contributed by atoms with Crippen LogP contribution in [0.2, 0.25) is 0 Å². The van der Waals surface area contributed by atoms with Gasteiger partial charge in [0.25, 0.3) is 5.91 Å². The van der Waals surface area contributed by atoms with Crippen molar-refractivity contribution in [1.82, 2.24) is 0 Å². The molecule has 0 fully saturated rings. The standard InChI is InChI=1S/C15H18ClNO3/c1-3-12(16)15(19)11-4-5-13-10(8-11)6-7-17(13)14(18)9-20-2/h4-5,8,12H,3,6-7,9H2,1-2H3. The van der Waals surface area contributed by atoms with Crippen molar-refractivity contribution in [3.8, 4) is 0 Å². The second-order valence-electron chi connectivity index (χ2n) is 4.81. The molecule has 0 aromatic heterocycles. The molecule has 0 N–H and O–H groups in total. The third kappa shape index (κ3) is 2.86. The number of methoxy groups -OCH3 is 1. The molecule has 1 aromatic carbocycles. The number of fused-ring (bicyclic) bond motifs is 1. The number of amides is 1. The van der Waals surface area contributed by atoms with Crippen LogP contribution < -0.4 is 4.90 Å².